The molecule has 0 aromatic heterocycles. The average molecular weight is 295 g/mol. The van der Waals surface area contributed by atoms with Gasteiger partial charge in [-0.25, -0.2) is 0 Å². The molecular weight excluding hydrogens is 268 g/mol. The Balaban J connectivity index is 0.00000147. The maximum Gasteiger partial charge on any atom is 0.0317 e. The second-order valence-corrected chi connectivity index (χ2v) is 6.32. The molecule has 1 heterocycles. The summed E-state index contributed by atoms with van der Waals surface area (Å²) in [5.74, 6) is 0.956. The number of hydrogen-bond donors (Lipinski definition) is 1. The van der Waals surface area contributed by atoms with Gasteiger partial charge in [0, 0.05) is 18.3 Å². The number of benzene rings is 1. The van der Waals surface area contributed by atoms with Crippen LogP contribution in [0.3, 0.4) is 0 Å². The first kappa shape index (κ1) is 15.7. The van der Waals surface area contributed by atoms with Gasteiger partial charge >= 0.3 is 0 Å². The molecule has 0 amide bonds. The van der Waals surface area contributed by atoms with Gasteiger partial charge in [-0.05, 0) is 55.8 Å². The maximum atomic E-state index is 5.89. The predicted molar refractivity (Wildman–Crippen MR) is 88.1 cm³/mol. The molecule has 2 fully saturated rings. The molecule has 1 aromatic rings. The smallest absolute Gasteiger partial charge is 0.0317 e. The third-order valence-electron chi connectivity index (χ3n) is 4.94. The molecule has 1 saturated heterocycles. The van der Waals surface area contributed by atoms with Crippen molar-refractivity contribution < 1.29 is 0 Å². The summed E-state index contributed by atoms with van der Waals surface area (Å²) < 4.78 is 0. The van der Waals surface area contributed by atoms with Crippen LogP contribution in [0.1, 0.15) is 50.5 Å². The van der Waals surface area contributed by atoms with Crippen LogP contribution in [0.4, 0.5) is 5.69 Å². The number of halogens is 1. The summed E-state index contributed by atoms with van der Waals surface area (Å²) in [5, 5.41) is 0. The van der Waals surface area contributed by atoms with Gasteiger partial charge in [0.1, 0.15) is 0 Å². The number of nitrogens with two attached hydrogens (primary N) is 1. The monoisotopic (exact) mass is 294 g/mol. The minimum atomic E-state index is 0. The van der Waals surface area contributed by atoms with Gasteiger partial charge in [0.25, 0.3) is 0 Å². The Kier molecular flexibility index (Phi) is 5.74. The summed E-state index contributed by atoms with van der Waals surface area (Å²) in [4.78, 5) is 2.71. The van der Waals surface area contributed by atoms with Crippen molar-refractivity contribution in [1.82, 2.24) is 4.90 Å². The van der Waals surface area contributed by atoms with Crippen molar-refractivity contribution in [1.29, 1.82) is 0 Å². The van der Waals surface area contributed by atoms with E-state index in [9.17, 15) is 0 Å². The summed E-state index contributed by atoms with van der Waals surface area (Å²) >= 11 is 0. The van der Waals surface area contributed by atoms with Crippen LogP contribution < -0.4 is 5.73 Å². The topological polar surface area (TPSA) is 29.3 Å². The van der Waals surface area contributed by atoms with Crippen molar-refractivity contribution in [3.63, 3.8) is 0 Å². The highest BCUT2D eigenvalue weighted by Gasteiger charge is 2.32. The molecule has 1 saturated carbocycles. The van der Waals surface area contributed by atoms with E-state index in [1.54, 1.807) is 0 Å². The Morgan fingerprint density at radius 1 is 1.05 bits per heavy atom. The lowest BCUT2D eigenvalue weighted by molar-refractivity contribution is 0.151. The Morgan fingerprint density at radius 2 is 1.85 bits per heavy atom. The first-order valence-corrected chi connectivity index (χ1v) is 7.91. The van der Waals surface area contributed by atoms with Gasteiger partial charge < -0.3 is 5.73 Å². The van der Waals surface area contributed by atoms with E-state index in [2.05, 4.69) is 23.1 Å². The molecule has 0 bridgehead atoms. The van der Waals surface area contributed by atoms with Gasteiger partial charge in [-0.1, -0.05) is 31.4 Å². The van der Waals surface area contributed by atoms with Crippen LogP contribution in [-0.2, 0) is 6.54 Å². The average Bonchev–Trinajstić information content (AvgIpc) is 2.88. The third kappa shape index (κ3) is 3.67. The molecular formula is C17H27ClN2. The van der Waals surface area contributed by atoms with E-state index in [-0.39, 0.29) is 12.4 Å². The van der Waals surface area contributed by atoms with E-state index in [1.165, 1.54) is 57.1 Å². The quantitative estimate of drug-likeness (QED) is 0.845. The van der Waals surface area contributed by atoms with Crippen LogP contribution in [0.2, 0.25) is 0 Å². The SMILES string of the molecule is Cl.Nc1cccc(CN2CCCC2C2CCCCC2)c1. The first-order chi connectivity index (χ1) is 9.33. The summed E-state index contributed by atoms with van der Waals surface area (Å²) in [6.07, 6.45) is 10.1. The van der Waals surface area contributed by atoms with Crippen LogP contribution in [0, 0.1) is 5.92 Å². The van der Waals surface area contributed by atoms with Gasteiger partial charge in [-0.2, -0.15) is 0 Å². The predicted octanol–water partition coefficient (Wildman–Crippen LogP) is 4.24. The van der Waals surface area contributed by atoms with E-state index in [1.807, 2.05) is 6.07 Å². The zero-order valence-corrected chi connectivity index (χ0v) is 13.1. The number of rotatable bonds is 3. The molecule has 2 nitrogen and oxygen atoms in total. The molecule has 2 aliphatic rings. The lowest BCUT2D eigenvalue weighted by Gasteiger charge is -2.34. The lowest BCUT2D eigenvalue weighted by Crippen LogP contribution is -2.36. The largest absolute Gasteiger partial charge is 0.399 e. The minimum absolute atomic E-state index is 0. The zero-order chi connectivity index (χ0) is 13.1. The van der Waals surface area contributed by atoms with Crippen molar-refractivity contribution in [3.8, 4) is 0 Å². The van der Waals surface area contributed by atoms with Gasteiger partial charge in [-0.15, -0.1) is 12.4 Å². The highest BCUT2D eigenvalue weighted by atomic mass is 35.5. The van der Waals surface area contributed by atoms with E-state index in [0.29, 0.717) is 0 Å². The molecule has 2 N–H and O–H groups in total. The number of nitrogen functional groups attached to an aromatic ring is 1. The van der Waals surface area contributed by atoms with Crippen molar-refractivity contribution >= 4 is 18.1 Å². The second-order valence-electron chi connectivity index (χ2n) is 6.32. The van der Waals surface area contributed by atoms with Crippen molar-refractivity contribution in [3.05, 3.63) is 29.8 Å². The fraction of sp³-hybridized carbons (Fsp3) is 0.647. The number of likely N-dealkylation sites (tertiary alicyclic amines) is 1. The second kappa shape index (κ2) is 7.33. The molecule has 1 aromatic carbocycles. The third-order valence-corrected chi connectivity index (χ3v) is 4.94. The number of hydrogen-bond acceptors (Lipinski definition) is 2. The van der Waals surface area contributed by atoms with Crippen molar-refractivity contribution in [2.45, 2.75) is 57.5 Å². The summed E-state index contributed by atoms with van der Waals surface area (Å²) in [6.45, 7) is 2.36. The van der Waals surface area contributed by atoms with Crippen molar-refractivity contribution in [2.24, 2.45) is 5.92 Å². The minimum Gasteiger partial charge on any atom is -0.399 e. The van der Waals surface area contributed by atoms with Gasteiger partial charge in [0.15, 0.2) is 0 Å². The molecule has 20 heavy (non-hydrogen) atoms. The molecule has 1 aliphatic heterocycles. The Bertz CT molecular complexity index is 415. The van der Waals surface area contributed by atoms with E-state index in [4.69, 9.17) is 5.73 Å². The molecule has 112 valence electrons. The number of anilines is 1. The van der Waals surface area contributed by atoms with Crippen LogP contribution in [0.15, 0.2) is 24.3 Å². The number of nitrogens with zero attached hydrogens (tertiary/aromatic N) is 1. The molecule has 0 radical (unpaired) electrons. The van der Waals surface area contributed by atoms with E-state index < -0.39 is 0 Å². The first-order valence-electron chi connectivity index (χ1n) is 7.91. The van der Waals surface area contributed by atoms with Gasteiger partial charge in [-0.3, -0.25) is 4.90 Å². The molecule has 3 heteroatoms. The van der Waals surface area contributed by atoms with E-state index >= 15 is 0 Å². The van der Waals surface area contributed by atoms with Crippen LogP contribution in [0.5, 0.6) is 0 Å². The Morgan fingerprint density at radius 3 is 2.60 bits per heavy atom. The molecule has 1 aliphatic carbocycles. The summed E-state index contributed by atoms with van der Waals surface area (Å²) in [5.41, 5.74) is 8.16. The molecule has 1 atom stereocenters. The Labute approximate surface area is 129 Å². The molecule has 0 spiro atoms. The van der Waals surface area contributed by atoms with Crippen LogP contribution >= 0.6 is 12.4 Å². The fourth-order valence-corrected chi connectivity index (χ4v) is 4.03. The fourth-order valence-electron chi connectivity index (χ4n) is 4.03. The van der Waals surface area contributed by atoms with Crippen LogP contribution in [0.25, 0.3) is 0 Å². The highest BCUT2D eigenvalue weighted by molar-refractivity contribution is 5.85. The van der Waals surface area contributed by atoms with Gasteiger partial charge in [0.2, 0.25) is 0 Å². The standard InChI is InChI=1S/C17H26N2.ClH/c18-16-9-4-6-14(12-16)13-19-11-5-10-17(19)15-7-2-1-3-8-15;/h4,6,9,12,15,17H,1-3,5,7-8,10-11,13,18H2;1H. The maximum absolute atomic E-state index is 5.89. The normalized spacial score (nSPS) is 24.5. The van der Waals surface area contributed by atoms with E-state index in [0.717, 1.165) is 24.2 Å². The van der Waals surface area contributed by atoms with Gasteiger partial charge in [0.05, 0.1) is 0 Å². The summed E-state index contributed by atoms with van der Waals surface area (Å²) in [7, 11) is 0. The molecule has 1 unspecified atom stereocenters. The lowest BCUT2D eigenvalue weighted by atomic mass is 9.83. The van der Waals surface area contributed by atoms with Crippen molar-refractivity contribution in [2.75, 3.05) is 12.3 Å². The zero-order valence-electron chi connectivity index (χ0n) is 12.3. The highest BCUT2D eigenvalue weighted by Crippen LogP contribution is 2.35. The summed E-state index contributed by atoms with van der Waals surface area (Å²) in [6, 6.07) is 9.24. The Hall–Kier alpha value is -0.730. The van der Waals surface area contributed by atoms with Crippen LogP contribution in [-0.4, -0.2) is 17.5 Å². The molecule has 3 rings (SSSR count).